The SMILES string of the molecule is c1ccc(N(c2ccccc2)c2cc3c4c(c2)N2c5cccc6c5B(c5cccc(c52)B4c2ccccc2N3c2ccccc2)c2cccc3c2N6c2cc(N(c4ccccc4)c4ccccc4)cc4c2B3c2ccccc2N4c2ccccc2)cc1. The van der Waals surface area contributed by atoms with E-state index in [1.807, 2.05) is 0 Å². The summed E-state index contributed by atoms with van der Waals surface area (Å²) in [7, 11) is 0. The maximum Gasteiger partial charge on any atom is 0.252 e. The molecule has 0 aliphatic carbocycles. The average molecular weight is 1100 g/mol. The van der Waals surface area contributed by atoms with Crippen molar-refractivity contribution in [3.63, 3.8) is 0 Å². The molecule has 0 radical (unpaired) electrons. The monoisotopic (exact) mass is 1100 g/mol. The Hall–Kier alpha value is -11.1. The van der Waals surface area contributed by atoms with Gasteiger partial charge in [-0.3, -0.25) is 0 Å². The predicted molar refractivity (Wildman–Crippen MR) is 369 cm³/mol. The van der Waals surface area contributed by atoms with E-state index in [2.05, 4.69) is 339 Å². The van der Waals surface area contributed by atoms with Crippen LogP contribution < -0.4 is 78.6 Å². The average Bonchev–Trinajstić information content (AvgIpc) is 0.695. The van der Waals surface area contributed by atoms with E-state index in [4.69, 9.17) is 0 Å². The van der Waals surface area contributed by atoms with Gasteiger partial charge in [-0.05, 0) is 170 Å². The van der Waals surface area contributed by atoms with Gasteiger partial charge in [0.2, 0.25) is 0 Å². The van der Waals surface area contributed by atoms with Crippen molar-refractivity contribution in [1.82, 2.24) is 0 Å². The van der Waals surface area contributed by atoms with Crippen molar-refractivity contribution in [2.45, 2.75) is 0 Å². The first kappa shape index (κ1) is 48.3. The summed E-state index contributed by atoms with van der Waals surface area (Å²) in [6.45, 7) is -0.165. The van der Waals surface area contributed by atoms with Gasteiger partial charge in [0.1, 0.15) is 0 Å². The van der Waals surface area contributed by atoms with E-state index in [-0.39, 0.29) is 20.1 Å². The number of anilines is 18. The standard InChI is InChI=1S/C78H51B3N6/c1-7-26-52(27-8-1)82(53-28-9-2-10-29-53)58-48-70-75-72(50-58)86-68-46-25-47-69-74(68)81(64-42-23-40-62(77(64)86)79(75)60-38-19-21-44-66(60)84(70)56-34-15-5-16-35-56)65-43-24-41-63-78(65)87(69)73-51-59(83(54-30-11-3-12-31-54)55-32-13-4-14-33-55)49-71-76(73)80(63)61-39-20-22-45-67(61)85(71)57-36-17-6-18-37-57/h1-51H. The fourth-order valence-corrected chi connectivity index (χ4v) is 15.9. The number of benzene rings is 13. The topological polar surface area (TPSA) is 19.4 Å². The highest BCUT2D eigenvalue weighted by molar-refractivity contribution is 7.06. The van der Waals surface area contributed by atoms with Crippen LogP contribution in [0.3, 0.4) is 0 Å². The molecule has 402 valence electrons. The Balaban J connectivity index is 0.913. The lowest BCUT2D eigenvalue weighted by Gasteiger charge is -2.52. The molecule has 6 heterocycles. The Labute approximate surface area is 507 Å². The third kappa shape index (κ3) is 6.85. The van der Waals surface area contributed by atoms with Crippen molar-refractivity contribution in [3.05, 3.63) is 309 Å². The lowest BCUT2D eigenvalue weighted by Crippen LogP contribution is -2.70. The number of nitrogens with zero attached hydrogens (tertiary/aromatic N) is 6. The van der Waals surface area contributed by atoms with Crippen molar-refractivity contribution in [1.29, 1.82) is 0 Å². The zero-order chi connectivity index (χ0) is 56.8. The van der Waals surface area contributed by atoms with E-state index in [9.17, 15) is 0 Å². The third-order valence-electron chi connectivity index (χ3n) is 19.1. The van der Waals surface area contributed by atoms with Gasteiger partial charge in [0.15, 0.2) is 0 Å². The Bertz CT molecular complexity index is 4550. The molecule has 0 aromatic heterocycles. The summed E-state index contributed by atoms with van der Waals surface area (Å²) in [5, 5.41) is 0. The summed E-state index contributed by atoms with van der Waals surface area (Å²) in [4.78, 5) is 15.3. The molecule has 0 saturated carbocycles. The minimum absolute atomic E-state index is 0.0463. The Morgan fingerprint density at radius 1 is 0.195 bits per heavy atom. The predicted octanol–water partition coefficient (Wildman–Crippen LogP) is 13.9. The van der Waals surface area contributed by atoms with Gasteiger partial charge < -0.3 is 29.4 Å². The molecule has 0 bridgehead atoms. The number of hydrogen-bond donors (Lipinski definition) is 0. The lowest BCUT2D eigenvalue weighted by molar-refractivity contribution is 1.21. The van der Waals surface area contributed by atoms with Crippen LogP contribution >= 0.6 is 0 Å². The van der Waals surface area contributed by atoms with Crippen molar-refractivity contribution >= 4 is 172 Å². The molecule has 0 amide bonds. The quantitative estimate of drug-likeness (QED) is 0.140. The minimum Gasteiger partial charge on any atom is -0.312 e. The maximum atomic E-state index is 2.68. The molecule has 0 N–H and O–H groups in total. The molecule has 13 aromatic carbocycles. The van der Waals surface area contributed by atoms with Crippen molar-refractivity contribution in [2.75, 3.05) is 29.4 Å². The fraction of sp³-hybridized carbons (Fsp3) is 0. The molecule has 6 aliphatic rings. The summed E-state index contributed by atoms with van der Waals surface area (Å²) in [5.74, 6) is 0. The van der Waals surface area contributed by atoms with E-state index >= 15 is 0 Å². The Morgan fingerprint density at radius 3 is 0.805 bits per heavy atom. The zero-order valence-corrected chi connectivity index (χ0v) is 47.4. The molecule has 13 aromatic rings. The van der Waals surface area contributed by atoms with Crippen LogP contribution in [0.1, 0.15) is 0 Å². The van der Waals surface area contributed by atoms with Gasteiger partial charge >= 0.3 is 0 Å². The van der Waals surface area contributed by atoms with Crippen LogP contribution in [0.4, 0.5) is 102 Å². The van der Waals surface area contributed by atoms with Gasteiger partial charge in [0.25, 0.3) is 20.1 Å². The third-order valence-corrected chi connectivity index (χ3v) is 19.1. The van der Waals surface area contributed by atoms with Crippen LogP contribution in [0.5, 0.6) is 0 Å². The first-order valence-corrected chi connectivity index (χ1v) is 30.3. The smallest absolute Gasteiger partial charge is 0.252 e. The van der Waals surface area contributed by atoms with E-state index in [1.54, 1.807) is 0 Å². The number of hydrogen-bond acceptors (Lipinski definition) is 6. The maximum absolute atomic E-state index is 2.68. The largest absolute Gasteiger partial charge is 0.312 e. The van der Waals surface area contributed by atoms with Gasteiger partial charge in [0, 0.05) is 91.0 Å². The second kappa shape index (κ2) is 18.7. The first-order valence-electron chi connectivity index (χ1n) is 30.3. The van der Waals surface area contributed by atoms with Crippen molar-refractivity contribution in [3.8, 4) is 0 Å². The molecule has 6 nitrogen and oxygen atoms in total. The molecule has 87 heavy (non-hydrogen) atoms. The normalized spacial score (nSPS) is 13.6. The fourth-order valence-electron chi connectivity index (χ4n) is 15.9. The van der Waals surface area contributed by atoms with E-state index in [0.717, 1.165) is 45.5 Å². The zero-order valence-electron chi connectivity index (χ0n) is 47.4. The summed E-state index contributed by atoms with van der Waals surface area (Å²) >= 11 is 0. The molecular formula is C78H51B3N6. The molecule has 9 heteroatoms. The van der Waals surface area contributed by atoms with Crippen LogP contribution in [0.2, 0.25) is 0 Å². The Kier molecular flexibility index (Phi) is 10.4. The summed E-state index contributed by atoms with van der Waals surface area (Å²) in [5.41, 5.74) is 32.6. The molecule has 6 aliphatic heterocycles. The van der Waals surface area contributed by atoms with Gasteiger partial charge in [-0.25, -0.2) is 0 Å². The molecule has 0 saturated heterocycles. The second-order valence-corrected chi connectivity index (χ2v) is 23.5. The highest BCUT2D eigenvalue weighted by atomic mass is 15.2. The van der Waals surface area contributed by atoms with Crippen LogP contribution in [-0.2, 0) is 0 Å². The number of fused-ring (bicyclic) bond motifs is 12. The van der Waals surface area contributed by atoms with Gasteiger partial charge in [-0.15, -0.1) is 0 Å². The van der Waals surface area contributed by atoms with Crippen LogP contribution in [-0.4, -0.2) is 20.1 Å². The highest BCUT2D eigenvalue weighted by Gasteiger charge is 2.53. The van der Waals surface area contributed by atoms with Crippen molar-refractivity contribution < 1.29 is 0 Å². The van der Waals surface area contributed by atoms with E-state index < -0.39 is 0 Å². The van der Waals surface area contributed by atoms with E-state index in [0.29, 0.717) is 0 Å². The van der Waals surface area contributed by atoms with Gasteiger partial charge in [-0.1, -0.05) is 188 Å². The number of rotatable bonds is 8. The summed E-state index contributed by atoms with van der Waals surface area (Å²) in [6.07, 6.45) is 0. The van der Waals surface area contributed by atoms with Gasteiger partial charge in [0.05, 0.1) is 11.4 Å². The lowest BCUT2D eigenvalue weighted by atomic mass is 9.27. The van der Waals surface area contributed by atoms with Crippen LogP contribution in [0.15, 0.2) is 309 Å². The summed E-state index contributed by atoms with van der Waals surface area (Å²) < 4.78 is 0. The van der Waals surface area contributed by atoms with Gasteiger partial charge in [-0.2, -0.15) is 0 Å². The highest BCUT2D eigenvalue weighted by Crippen LogP contribution is 2.53. The Morgan fingerprint density at radius 2 is 0.448 bits per heavy atom. The molecule has 0 unspecified atom stereocenters. The molecule has 0 fully saturated rings. The molecule has 19 rings (SSSR count). The van der Waals surface area contributed by atoms with Crippen molar-refractivity contribution in [2.24, 2.45) is 0 Å². The first-order chi connectivity index (χ1) is 43.2. The van der Waals surface area contributed by atoms with Crippen LogP contribution in [0.25, 0.3) is 0 Å². The second-order valence-electron chi connectivity index (χ2n) is 23.5. The molecule has 0 atom stereocenters. The van der Waals surface area contributed by atoms with Crippen LogP contribution in [0, 0.1) is 0 Å². The van der Waals surface area contributed by atoms with E-state index in [1.165, 1.54) is 106 Å². The minimum atomic E-state index is -0.0726. The molecular weight excluding hydrogens is 1050 g/mol. The molecule has 0 spiro atoms. The summed E-state index contributed by atoms with van der Waals surface area (Å²) in [6, 6.07) is 115. The number of para-hydroxylation sites is 10.